The summed E-state index contributed by atoms with van der Waals surface area (Å²) in [6, 6.07) is 10.6. The van der Waals surface area contributed by atoms with Gasteiger partial charge >= 0.3 is 6.18 Å². The number of halogens is 3. The SMILES string of the molecule is O=C(Cc1csc(Nc2cccc(C(F)(F)F)c2)n1)N/N=C\c1ccccc1[N+](=O)[O-]. The molecule has 160 valence electrons. The molecule has 1 aromatic heterocycles. The summed E-state index contributed by atoms with van der Waals surface area (Å²) in [7, 11) is 0. The monoisotopic (exact) mass is 449 g/mol. The van der Waals surface area contributed by atoms with Gasteiger partial charge in [-0.2, -0.15) is 18.3 Å². The Hall–Kier alpha value is -3.80. The number of carbonyl (C=O) groups is 1. The lowest BCUT2D eigenvalue weighted by Gasteiger charge is -2.08. The number of nitrogens with one attached hydrogen (secondary N) is 2. The van der Waals surface area contributed by atoms with E-state index in [2.05, 4.69) is 20.8 Å². The molecule has 12 heteroatoms. The van der Waals surface area contributed by atoms with Gasteiger partial charge in [0.15, 0.2) is 5.13 Å². The van der Waals surface area contributed by atoms with Crippen molar-refractivity contribution in [2.45, 2.75) is 12.6 Å². The van der Waals surface area contributed by atoms with E-state index in [-0.39, 0.29) is 23.4 Å². The Morgan fingerprint density at radius 3 is 2.74 bits per heavy atom. The number of nitrogens with zero attached hydrogens (tertiary/aromatic N) is 3. The molecule has 0 saturated heterocycles. The Morgan fingerprint density at radius 1 is 1.23 bits per heavy atom. The Morgan fingerprint density at radius 2 is 2.00 bits per heavy atom. The van der Waals surface area contributed by atoms with Crippen LogP contribution < -0.4 is 10.7 Å². The number of thiazole rings is 1. The Kier molecular flexibility index (Phi) is 6.60. The van der Waals surface area contributed by atoms with Gasteiger partial charge in [-0.15, -0.1) is 11.3 Å². The van der Waals surface area contributed by atoms with Crippen LogP contribution in [0.4, 0.5) is 29.7 Å². The summed E-state index contributed by atoms with van der Waals surface area (Å²) >= 11 is 1.13. The average molecular weight is 449 g/mol. The van der Waals surface area contributed by atoms with Crippen LogP contribution in [0.2, 0.25) is 0 Å². The number of alkyl halides is 3. The van der Waals surface area contributed by atoms with E-state index in [0.717, 1.165) is 29.7 Å². The first-order valence-corrected chi connectivity index (χ1v) is 9.54. The fourth-order valence-electron chi connectivity index (χ4n) is 2.48. The van der Waals surface area contributed by atoms with Crippen LogP contribution in [0.25, 0.3) is 0 Å². The van der Waals surface area contributed by atoms with E-state index < -0.39 is 22.6 Å². The summed E-state index contributed by atoms with van der Waals surface area (Å²) in [6.45, 7) is 0. The lowest BCUT2D eigenvalue weighted by molar-refractivity contribution is -0.385. The molecule has 0 aliphatic heterocycles. The van der Waals surface area contributed by atoms with Crippen LogP contribution in [-0.4, -0.2) is 22.0 Å². The van der Waals surface area contributed by atoms with Crippen molar-refractivity contribution in [2.24, 2.45) is 5.10 Å². The fourth-order valence-corrected chi connectivity index (χ4v) is 3.21. The molecule has 0 atom stereocenters. The van der Waals surface area contributed by atoms with Crippen molar-refractivity contribution in [1.82, 2.24) is 10.4 Å². The van der Waals surface area contributed by atoms with Gasteiger partial charge in [0.1, 0.15) is 0 Å². The molecule has 3 rings (SSSR count). The molecule has 0 aliphatic rings. The van der Waals surface area contributed by atoms with Gasteiger partial charge in [0, 0.05) is 17.1 Å². The third-order valence-electron chi connectivity index (χ3n) is 3.86. The van der Waals surface area contributed by atoms with E-state index in [1.807, 2.05) is 0 Å². The highest BCUT2D eigenvalue weighted by molar-refractivity contribution is 7.13. The van der Waals surface area contributed by atoms with Gasteiger partial charge in [0.2, 0.25) is 5.91 Å². The van der Waals surface area contributed by atoms with Crippen molar-refractivity contribution in [1.29, 1.82) is 0 Å². The highest BCUT2D eigenvalue weighted by atomic mass is 32.1. The molecule has 0 fully saturated rings. The van der Waals surface area contributed by atoms with E-state index in [4.69, 9.17) is 0 Å². The van der Waals surface area contributed by atoms with Gasteiger partial charge in [0.05, 0.1) is 34.4 Å². The number of para-hydroxylation sites is 1. The molecule has 0 aliphatic carbocycles. The van der Waals surface area contributed by atoms with Gasteiger partial charge in [-0.05, 0) is 24.3 Å². The van der Waals surface area contributed by atoms with Gasteiger partial charge in [0.25, 0.3) is 5.69 Å². The summed E-state index contributed by atoms with van der Waals surface area (Å²) in [6.07, 6.45) is -3.42. The number of amides is 1. The molecule has 0 saturated carbocycles. The minimum atomic E-state index is -4.45. The first kappa shape index (κ1) is 21.9. The zero-order valence-corrected chi connectivity index (χ0v) is 16.4. The fraction of sp³-hybridized carbons (Fsp3) is 0.105. The summed E-state index contributed by atoms with van der Waals surface area (Å²) in [5, 5.41) is 19.3. The van der Waals surface area contributed by atoms with Crippen LogP contribution in [0.1, 0.15) is 16.8 Å². The maximum atomic E-state index is 12.8. The van der Waals surface area contributed by atoms with Crippen LogP contribution in [0.3, 0.4) is 0 Å². The predicted octanol–water partition coefficient (Wildman–Crippen LogP) is 4.51. The molecule has 0 radical (unpaired) electrons. The normalized spacial score (nSPS) is 11.5. The molecular formula is C19H14F3N5O3S. The minimum absolute atomic E-state index is 0.130. The largest absolute Gasteiger partial charge is 0.416 e. The number of hydrogen-bond acceptors (Lipinski definition) is 7. The standard InChI is InChI=1S/C19H14F3N5O3S/c20-19(21,22)13-5-3-6-14(8-13)24-18-25-15(11-31-18)9-17(28)26-23-10-12-4-1-2-7-16(12)27(29)30/h1-8,10-11H,9H2,(H,24,25)(H,26,28)/b23-10-. The minimum Gasteiger partial charge on any atom is -0.332 e. The summed E-state index contributed by atoms with van der Waals surface area (Å²) < 4.78 is 38.4. The number of aromatic nitrogens is 1. The van der Waals surface area contributed by atoms with Crippen molar-refractivity contribution in [3.63, 3.8) is 0 Å². The molecule has 0 bridgehead atoms. The van der Waals surface area contributed by atoms with Crippen LogP contribution in [0, 0.1) is 10.1 Å². The molecule has 8 nitrogen and oxygen atoms in total. The van der Waals surface area contributed by atoms with Gasteiger partial charge in [-0.3, -0.25) is 14.9 Å². The molecule has 1 amide bonds. The van der Waals surface area contributed by atoms with E-state index in [0.29, 0.717) is 10.8 Å². The van der Waals surface area contributed by atoms with Gasteiger partial charge < -0.3 is 5.32 Å². The zero-order chi connectivity index (χ0) is 22.4. The van der Waals surface area contributed by atoms with Crippen molar-refractivity contribution in [2.75, 3.05) is 5.32 Å². The van der Waals surface area contributed by atoms with Crippen LogP contribution in [0.15, 0.2) is 59.0 Å². The first-order valence-electron chi connectivity index (χ1n) is 8.66. The van der Waals surface area contributed by atoms with Crippen LogP contribution in [0.5, 0.6) is 0 Å². The second-order valence-corrected chi connectivity index (χ2v) is 6.99. The van der Waals surface area contributed by atoms with E-state index >= 15 is 0 Å². The highest BCUT2D eigenvalue weighted by Gasteiger charge is 2.30. The van der Waals surface area contributed by atoms with E-state index in [1.54, 1.807) is 11.4 Å². The molecule has 2 aromatic carbocycles. The summed E-state index contributed by atoms with van der Waals surface area (Å²) in [5.41, 5.74) is 2.16. The number of rotatable bonds is 7. The first-order chi connectivity index (χ1) is 14.7. The molecule has 2 N–H and O–H groups in total. The van der Waals surface area contributed by atoms with E-state index in [9.17, 15) is 28.1 Å². The predicted molar refractivity (Wildman–Crippen MR) is 109 cm³/mol. The Balaban J connectivity index is 1.58. The molecule has 0 unspecified atom stereocenters. The number of carbonyl (C=O) groups excluding carboxylic acids is 1. The second-order valence-electron chi connectivity index (χ2n) is 6.13. The number of hydrazone groups is 1. The van der Waals surface area contributed by atoms with Gasteiger partial charge in [-0.1, -0.05) is 18.2 Å². The Bertz CT molecular complexity index is 1130. The van der Waals surface area contributed by atoms with Gasteiger partial charge in [-0.25, -0.2) is 10.4 Å². The number of benzene rings is 2. The molecule has 0 spiro atoms. The van der Waals surface area contributed by atoms with Crippen LogP contribution in [-0.2, 0) is 17.4 Å². The molecular weight excluding hydrogens is 435 g/mol. The zero-order valence-electron chi connectivity index (χ0n) is 15.6. The topological polar surface area (TPSA) is 110 Å². The number of nitro benzene ring substituents is 1. The van der Waals surface area contributed by atoms with E-state index in [1.165, 1.54) is 30.3 Å². The summed E-state index contributed by atoms with van der Waals surface area (Å²) in [4.78, 5) is 26.6. The van der Waals surface area contributed by atoms with Crippen molar-refractivity contribution < 1.29 is 22.9 Å². The van der Waals surface area contributed by atoms with Crippen molar-refractivity contribution in [3.05, 3.63) is 80.8 Å². The maximum absolute atomic E-state index is 12.8. The molecule has 31 heavy (non-hydrogen) atoms. The van der Waals surface area contributed by atoms with Crippen molar-refractivity contribution in [3.8, 4) is 0 Å². The second kappa shape index (κ2) is 9.34. The quantitative estimate of drug-likeness (QED) is 0.313. The molecule has 1 heterocycles. The maximum Gasteiger partial charge on any atom is 0.416 e. The highest BCUT2D eigenvalue weighted by Crippen LogP contribution is 2.31. The smallest absolute Gasteiger partial charge is 0.332 e. The number of nitro groups is 1. The van der Waals surface area contributed by atoms with Crippen molar-refractivity contribution >= 4 is 40.0 Å². The van der Waals surface area contributed by atoms with Crippen LogP contribution >= 0.6 is 11.3 Å². The lowest BCUT2D eigenvalue weighted by atomic mass is 10.2. The third kappa shape index (κ3) is 6.09. The number of hydrogen-bond donors (Lipinski definition) is 2. The number of anilines is 2. The molecule has 3 aromatic rings. The average Bonchev–Trinajstić information content (AvgIpc) is 3.14. The lowest BCUT2D eigenvalue weighted by Crippen LogP contribution is -2.20. The summed E-state index contributed by atoms with van der Waals surface area (Å²) in [5.74, 6) is -0.509. The third-order valence-corrected chi connectivity index (χ3v) is 4.67. The Labute approximate surface area is 177 Å².